The van der Waals surface area contributed by atoms with Gasteiger partial charge in [-0.25, -0.2) is 4.79 Å². The molecule has 1 amide bonds. The van der Waals surface area contributed by atoms with Crippen LogP contribution in [0.5, 0.6) is 0 Å². The van der Waals surface area contributed by atoms with E-state index in [4.69, 9.17) is 9.47 Å². The molecule has 1 rings (SSSR count). The lowest BCUT2D eigenvalue weighted by Gasteiger charge is -2.19. The molecule has 5 heteroatoms. The summed E-state index contributed by atoms with van der Waals surface area (Å²) in [5.74, 6) is 0. The van der Waals surface area contributed by atoms with Crippen molar-refractivity contribution < 1.29 is 14.3 Å². The number of pyridine rings is 1. The Morgan fingerprint density at radius 2 is 2.05 bits per heavy atom. The Bertz CT molecular complexity index is 427. The fourth-order valence-electron chi connectivity index (χ4n) is 1.69. The average Bonchev–Trinajstić information content (AvgIpc) is 2.32. The van der Waals surface area contributed by atoms with Gasteiger partial charge in [-0.3, -0.25) is 10.3 Å². The van der Waals surface area contributed by atoms with Gasteiger partial charge in [-0.2, -0.15) is 0 Å². The van der Waals surface area contributed by atoms with Gasteiger partial charge in [0.25, 0.3) is 0 Å². The molecule has 0 aliphatic carbocycles. The minimum Gasteiger partial charge on any atom is -0.444 e. The highest BCUT2D eigenvalue weighted by molar-refractivity contribution is 5.84. The Labute approximate surface area is 120 Å². The number of rotatable bonds is 6. The summed E-state index contributed by atoms with van der Waals surface area (Å²) < 4.78 is 10.2. The largest absolute Gasteiger partial charge is 0.444 e. The van der Waals surface area contributed by atoms with Crippen LogP contribution in [0, 0.1) is 0 Å². The van der Waals surface area contributed by atoms with E-state index in [-0.39, 0.29) is 0 Å². The van der Waals surface area contributed by atoms with E-state index in [1.54, 1.807) is 13.3 Å². The third-order valence-corrected chi connectivity index (χ3v) is 2.50. The zero-order valence-electron chi connectivity index (χ0n) is 12.7. The minimum absolute atomic E-state index is 0.462. The van der Waals surface area contributed by atoms with Gasteiger partial charge in [0.15, 0.2) is 0 Å². The third kappa shape index (κ3) is 7.09. The van der Waals surface area contributed by atoms with Crippen LogP contribution in [0.2, 0.25) is 0 Å². The van der Waals surface area contributed by atoms with E-state index in [9.17, 15) is 4.79 Å². The molecule has 0 atom stereocenters. The van der Waals surface area contributed by atoms with Gasteiger partial charge in [-0.05, 0) is 51.7 Å². The number of carbonyl (C=O) groups is 1. The molecule has 0 aliphatic rings. The van der Waals surface area contributed by atoms with Gasteiger partial charge in [0, 0.05) is 19.9 Å². The maximum atomic E-state index is 11.7. The average molecular weight is 280 g/mol. The summed E-state index contributed by atoms with van der Waals surface area (Å²) in [6.07, 6.45) is 5.93. The first-order valence-corrected chi connectivity index (χ1v) is 6.83. The van der Waals surface area contributed by atoms with Crippen molar-refractivity contribution in [3.05, 3.63) is 24.0 Å². The molecule has 0 spiro atoms. The zero-order valence-corrected chi connectivity index (χ0v) is 12.7. The highest BCUT2D eigenvalue weighted by atomic mass is 16.6. The molecule has 0 saturated heterocycles. The van der Waals surface area contributed by atoms with Crippen LogP contribution >= 0.6 is 0 Å². The van der Waals surface area contributed by atoms with Crippen LogP contribution in [0.3, 0.4) is 0 Å². The van der Waals surface area contributed by atoms with Gasteiger partial charge in [0.1, 0.15) is 5.60 Å². The molecule has 1 aromatic rings. The zero-order chi connectivity index (χ0) is 15.0. The molecule has 0 aromatic carbocycles. The predicted molar refractivity (Wildman–Crippen MR) is 78.9 cm³/mol. The monoisotopic (exact) mass is 280 g/mol. The van der Waals surface area contributed by atoms with Gasteiger partial charge in [0.05, 0.1) is 11.9 Å². The van der Waals surface area contributed by atoms with E-state index in [1.165, 1.54) is 0 Å². The van der Waals surface area contributed by atoms with Crippen LogP contribution in [-0.4, -0.2) is 30.4 Å². The topological polar surface area (TPSA) is 60.5 Å². The standard InChI is InChI=1S/C15H24N2O3/c1-15(2,3)20-14(18)17-13-9-12(10-16-11-13)7-5-6-8-19-4/h9-11H,5-8H2,1-4H3,(H,17,18). The number of hydrogen-bond donors (Lipinski definition) is 1. The van der Waals surface area contributed by atoms with Gasteiger partial charge < -0.3 is 9.47 Å². The van der Waals surface area contributed by atoms with Crippen molar-refractivity contribution in [3.8, 4) is 0 Å². The number of hydrogen-bond acceptors (Lipinski definition) is 4. The highest BCUT2D eigenvalue weighted by Gasteiger charge is 2.16. The van der Waals surface area contributed by atoms with E-state index in [0.717, 1.165) is 31.4 Å². The van der Waals surface area contributed by atoms with Crippen molar-refractivity contribution >= 4 is 11.8 Å². The number of methoxy groups -OCH3 is 1. The molecule has 0 aliphatic heterocycles. The fraction of sp³-hybridized carbons (Fsp3) is 0.600. The molecule has 0 fully saturated rings. The second-order valence-electron chi connectivity index (χ2n) is 5.66. The number of aryl methyl sites for hydroxylation is 1. The van der Waals surface area contributed by atoms with E-state index < -0.39 is 11.7 Å². The summed E-state index contributed by atoms with van der Waals surface area (Å²) in [6, 6.07) is 1.92. The minimum atomic E-state index is -0.505. The third-order valence-electron chi connectivity index (χ3n) is 2.50. The molecule has 0 bridgehead atoms. The van der Waals surface area contributed by atoms with Crippen molar-refractivity contribution in [2.24, 2.45) is 0 Å². The van der Waals surface area contributed by atoms with E-state index in [0.29, 0.717) is 5.69 Å². The van der Waals surface area contributed by atoms with Crippen molar-refractivity contribution in [2.75, 3.05) is 19.0 Å². The van der Waals surface area contributed by atoms with Crippen molar-refractivity contribution in [3.63, 3.8) is 0 Å². The van der Waals surface area contributed by atoms with Gasteiger partial charge in [-0.15, -0.1) is 0 Å². The van der Waals surface area contributed by atoms with Crippen molar-refractivity contribution in [1.29, 1.82) is 0 Å². The lowest BCUT2D eigenvalue weighted by Crippen LogP contribution is -2.27. The molecule has 0 unspecified atom stereocenters. The number of ether oxygens (including phenoxy) is 2. The van der Waals surface area contributed by atoms with E-state index >= 15 is 0 Å². The van der Waals surface area contributed by atoms with Gasteiger partial charge in [0.2, 0.25) is 0 Å². The Kier molecular flexibility index (Phi) is 6.45. The summed E-state index contributed by atoms with van der Waals surface area (Å²) in [4.78, 5) is 15.8. The molecule has 1 N–H and O–H groups in total. The Hall–Kier alpha value is -1.62. The molecule has 0 radical (unpaired) electrons. The van der Waals surface area contributed by atoms with Crippen molar-refractivity contribution in [2.45, 2.75) is 45.6 Å². The SMILES string of the molecule is COCCCCc1cncc(NC(=O)OC(C)(C)C)c1. The molecular formula is C15H24N2O3. The van der Waals surface area contributed by atoms with E-state index in [1.807, 2.05) is 33.0 Å². The van der Waals surface area contributed by atoms with Crippen molar-refractivity contribution in [1.82, 2.24) is 4.98 Å². The summed E-state index contributed by atoms with van der Waals surface area (Å²) in [5, 5.41) is 2.69. The molecule has 5 nitrogen and oxygen atoms in total. The van der Waals surface area contributed by atoms with Crippen LogP contribution in [0.25, 0.3) is 0 Å². The number of carbonyl (C=O) groups excluding carboxylic acids is 1. The lowest BCUT2D eigenvalue weighted by molar-refractivity contribution is 0.0636. The Morgan fingerprint density at radius 1 is 1.30 bits per heavy atom. The molecule has 112 valence electrons. The summed E-state index contributed by atoms with van der Waals surface area (Å²) in [6.45, 7) is 6.26. The normalized spacial score (nSPS) is 11.2. The first kappa shape index (κ1) is 16.4. The fourth-order valence-corrected chi connectivity index (χ4v) is 1.69. The Morgan fingerprint density at radius 3 is 2.70 bits per heavy atom. The second kappa shape index (κ2) is 7.85. The van der Waals surface area contributed by atoms with Crippen LogP contribution in [0.1, 0.15) is 39.2 Å². The van der Waals surface area contributed by atoms with Crippen LogP contribution < -0.4 is 5.32 Å². The van der Waals surface area contributed by atoms with Gasteiger partial charge in [-0.1, -0.05) is 0 Å². The first-order valence-electron chi connectivity index (χ1n) is 6.83. The Balaban J connectivity index is 2.49. The maximum absolute atomic E-state index is 11.7. The number of aromatic nitrogens is 1. The van der Waals surface area contributed by atoms with E-state index in [2.05, 4.69) is 10.3 Å². The lowest BCUT2D eigenvalue weighted by atomic mass is 10.1. The van der Waals surface area contributed by atoms with Crippen LogP contribution in [0.15, 0.2) is 18.5 Å². The summed E-state index contributed by atoms with van der Waals surface area (Å²) in [7, 11) is 1.70. The molecule has 0 saturated carbocycles. The highest BCUT2D eigenvalue weighted by Crippen LogP contribution is 2.13. The number of anilines is 1. The number of nitrogens with one attached hydrogen (secondary N) is 1. The summed E-state index contributed by atoms with van der Waals surface area (Å²) >= 11 is 0. The second-order valence-corrected chi connectivity index (χ2v) is 5.66. The quantitative estimate of drug-likeness (QED) is 0.811. The number of amides is 1. The predicted octanol–water partition coefficient (Wildman–Crippen LogP) is 3.40. The first-order chi connectivity index (χ1) is 9.40. The summed E-state index contributed by atoms with van der Waals surface area (Å²) in [5.41, 5.74) is 1.24. The smallest absolute Gasteiger partial charge is 0.412 e. The number of nitrogens with zero attached hydrogens (tertiary/aromatic N) is 1. The van der Waals surface area contributed by atoms with Crippen LogP contribution in [-0.2, 0) is 15.9 Å². The van der Waals surface area contributed by atoms with Crippen LogP contribution in [0.4, 0.5) is 10.5 Å². The molecular weight excluding hydrogens is 256 g/mol. The molecule has 1 heterocycles. The number of unbranched alkanes of at least 4 members (excludes halogenated alkanes) is 1. The van der Waals surface area contributed by atoms with Gasteiger partial charge >= 0.3 is 6.09 Å². The maximum Gasteiger partial charge on any atom is 0.412 e. The molecule has 1 aromatic heterocycles. The molecule has 20 heavy (non-hydrogen) atoms.